The predicted octanol–water partition coefficient (Wildman–Crippen LogP) is 7.37. The van der Waals surface area contributed by atoms with Gasteiger partial charge in [-0.15, -0.1) is 12.6 Å². The van der Waals surface area contributed by atoms with E-state index in [0.717, 1.165) is 6.07 Å². The number of pyridine rings is 1. The Morgan fingerprint density at radius 1 is 1.18 bits per heavy atom. The van der Waals surface area contributed by atoms with E-state index in [9.17, 15) is 17.6 Å². The Morgan fingerprint density at radius 3 is 2.50 bits per heavy atom. The number of nitrogens with zero attached hydrogens (tertiary/aromatic N) is 2. The molecular weight excluding hydrogens is 482 g/mol. The van der Waals surface area contributed by atoms with Crippen LogP contribution in [0.3, 0.4) is 0 Å². The number of aromatic amines is 1. The molecule has 0 atom stereocenters. The summed E-state index contributed by atoms with van der Waals surface area (Å²) in [5.74, 6) is -0.638. The van der Waals surface area contributed by atoms with Crippen molar-refractivity contribution in [2.24, 2.45) is 0 Å². The van der Waals surface area contributed by atoms with Gasteiger partial charge in [-0.3, -0.25) is 0 Å². The summed E-state index contributed by atoms with van der Waals surface area (Å²) in [6.45, 7) is 4.00. The molecule has 0 unspecified atom stereocenters. The molecule has 0 saturated heterocycles. The topological polar surface area (TPSA) is 33.1 Å². The zero-order valence-corrected chi connectivity index (χ0v) is 17.7. The molecule has 0 spiro atoms. The van der Waals surface area contributed by atoms with Crippen LogP contribution in [0.5, 0.6) is 0 Å². The summed E-state index contributed by atoms with van der Waals surface area (Å²) in [6, 6.07) is 4.92. The summed E-state index contributed by atoms with van der Waals surface area (Å²) in [6.07, 6.45) is -3.45. The molecule has 3 heterocycles. The SMILES string of the molecule is CC.Fc1cc(Br)c2[nH]c(S)cc2c1-c1c(Cl)cc(C(F)(F)F)n2nccc12. The first-order valence-electron chi connectivity index (χ1n) is 8.12. The largest absolute Gasteiger partial charge is 0.433 e. The van der Waals surface area contributed by atoms with Gasteiger partial charge in [-0.25, -0.2) is 8.91 Å². The Balaban J connectivity index is 0.00000109. The molecule has 4 aromatic rings. The van der Waals surface area contributed by atoms with Gasteiger partial charge < -0.3 is 4.98 Å². The van der Waals surface area contributed by atoms with Gasteiger partial charge in [-0.2, -0.15) is 18.3 Å². The van der Waals surface area contributed by atoms with Crippen molar-refractivity contribution in [1.29, 1.82) is 0 Å². The summed E-state index contributed by atoms with van der Waals surface area (Å²) in [7, 11) is 0. The molecule has 0 aliphatic rings. The van der Waals surface area contributed by atoms with E-state index in [2.05, 4.69) is 38.6 Å². The number of rotatable bonds is 1. The van der Waals surface area contributed by atoms with E-state index in [0.29, 0.717) is 24.9 Å². The number of nitrogens with one attached hydrogen (secondary N) is 1. The minimum atomic E-state index is -4.66. The van der Waals surface area contributed by atoms with Crippen molar-refractivity contribution in [1.82, 2.24) is 14.6 Å². The third-order valence-corrected chi connectivity index (χ3v) is 5.14. The van der Waals surface area contributed by atoms with Crippen molar-refractivity contribution < 1.29 is 17.6 Å². The standard InChI is InChI=1S/C16H7BrClF4N3S.C2H6/c17-7-4-9(19)13(6-3-12(26)24-15(6)7)14-8(18)5-11(16(20,21)22)25-10(14)1-2-23-25;1-2/h1-5,24,26H;1-2H3. The van der Waals surface area contributed by atoms with Crippen LogP contribution in [-0.2, 0) is 6.18 Å². The number of benzene rings is 1. The van der Waals surface area contributed by atoms with Gasteiger partial charge in [-0.05, 0) is 40.2 Å². The van der Waals surface area contributed by atoms with E-state index in [1.54, 1.807) is 6.07 Å². The monoisotopic (exact) mass is 493 g/mol. The van der Waals surface area contributed by atoms with Crippen LogP contribution >= 0.6 is 40.2 Å². The third kappa shape index (κ3) is 3.40. The summed E-state index contributed by atoms with van der Waals surface area (Å²) < 4.78 is 55.9. The van der Waals surface area contributed by atoms with Crippen LogP contribution in [0.4, 0.5) is 17.6 Å². The zero-order valence-electron chi connectivity index (χ0n) is 14.5. The Bertz CT molecular complexity index is 1180. The Morgan fingerprint density at radius 2 is 1.86 bits per heavy atom. The van der Waals surface area contributed by atoms with E-state index >= 15 is 0 Å². The molecule has 0 amide bonds. The highest BCUT2D eigenvalue weighted by Gasteiger charge is 2.36. The van der Waals surface area contributed by atoms with Crippen molar-refractivity contribution >= 4 is 56.6 Å². The minimum Gasteiger partial charge on any atom is -0.349 e. The lowest BCUT2D eigenvalue weighted by atomic mass is 10.00. The number of H-pyrrole nitrogens is 1. The maximum Gasteiger partial charge on any atom is 0.433 e. The second-order valence-corrected chi connectivity index (χ2v) is 7.28. The van der Waals surface area contributed by atoms with Gasteiger partial charge in [0.2, 0.25) is 0 Å². The number of halogens is 6. The van der Waals surface area contributed by atoms with Crippen LogP contribution < -0.4 is 0 Å². The van der Waals surface area contributed by atoms with Crippen molar-refractivity contribution in [2.75, 3.05) is 0 Å². The molecular formula is C18H13BrClF4N3S. The van der Waals surface area contributed by atoms with Crippen molar-refractivity contribution in [3.05, 3.63) is 51.5 Å². The number of fused-ring (bicyclic) bond motifs is 2. The molecule has 0 aliphatic heterocycles. The van der Waals surface area contributed by atoms with Crippen LogP contribution in [0, 0.1) is 5.82 Å². The van der Waals surface area contributed by atoms with Crippen LogP contribution in [-0.4, -0.2) is 14.6 Å². The van der Waals surface area contributed by atoms with Gasteiger partial charge in [0, 0.05) is 21.0 Å². The Labute approximate surface area is 176 Å². The second-order valence-electron chi connectivity index (χ2n) is 5.54. The molecule has 0 saturated carbocycles. The number of alkyl halides is 3. The molecule has 148 valence electrons. The van der Waals surface area contributed by atoms with E-state index < -0.39 is 17.7 Å². The molecule has 3 aromatic heterocycles. The molecule has 3 nitrogen and oxygen atoms in total. The number of aromatic nitrogens is 3. The van der Waals surface area contributed by atoms with Gasteiger partial charge in [0.25, 0.3) is 0 Å². The fourth-order valence-corrected chi connectivity index (χ4v) is 4.02. The Hall–Kier alpha value is -1.71. The van der Waals surface area contributed by atoms with Crippen LogP contribution in [0.15, 0.2) is 40.0 Å². The second kappa shape index (κ2) is 7.61. The lowest BCUT2D eigenvalue weighted by Crippen LogP contribution is -2.13. The average molecular weight is 495 g/mol. The molecule has 0 fully saturated rings. The van der Waals surface area contributed by atoms with Crippen LogP contribution in [0.25, 0.3) is 27.5 Å². The summed E-state index contributed by atoms with van der Waals surface area (Å²) in [4.78, 5) is 2.97. The molecule has 1 aromatic carbocycles. The number of thiol groups is 1. The highest BCUT2D eigenvalue weighted by molar-refractivity contribution is 9.10. The lowest BCUT2D eigenvalue weighted by Gasteiger charge is -2.15. The van der Waals surface area contributed by atoms with E-state index in [4.69, 9.17) is 11.6 Å². The lowest BCUT2D eigenvalue weighted by molar-refractivity contribution is -0.142. The fourth-order valence-electron chi connectivity index (χ4n) is 2.97. The molecule has 10 heteroatoms. The smallest absolute Gasteiger partial charge is 0.349 e. The first-order chi connectivity index (χ1) is 13.2. The highest BCUT2D eigenvalue weighted by atomic mass is 79.9. The highest BCUT2D eigenvalue weighted by Crippen LogP contribution is 2.43. The molecule has 4 rings (SSSR count). The predicted molar refractivity (Wildman–Crippen MR) is 109 cm³/mol. The summed E-state index contributed by atoms with van der Waals surface area (Å²) >= 11 is 13.7. The minimum absolute atomic E-state index is 0.0502. The number of hydrogen-bond acceptors (Lipinski definition) is 2. The van der Waals surface area contributed by atoms with Gasteiger partial charge in [0.1, 0.15) is 11.5 Å². The van der Waals surface area contributed by atoms with Crippen LogP contribution in [0.1, 0.15) is 19.5 Å². The maximum absolute atomic E-state index is 14.8. The molecule has 0 bridgehead atoms. The van der Waals surface area contributed by atoms with Gasteiger partial charge in [0.05, 0.1) is 27.3 Å². The quantitative estimate of drug-likeness (QED) is 0.210. The molecule has 0 radical (unpaired) electrons. The first kappa shape index (κ1) is 21.0. The fraction of sp³-hybridized carbons (Fsp3) is 0.167. The van der Waals surface area contributed by atoms with Gasteiger partial charge in [-0.1, -0.05) is 25.4 Å². The molecule has 28 heavy (non-hydrogen) atoms. The van der Waals surface area contributed by atoms with E-state index in [-0.39, 0.29) is 21.7 Å². The van der Waals surface area contributed by atoms with Crippen molar-refractivity contribution in [3.8, 4) is 11.1 Å². The summed E-state index contributed by atoms with van der Waals surface area (Å²) in [5, 5.41) is 4.41. The van der Waals surface area contributed by atoms with Crippen LogP contribution in [0.2, 0.25) is 5.02 Å². The van der Waals surface area contributed by atoms with Crippen molar-refractivity contribution in [3.63, 3.8) is 0 Å². The van der Waals surface area contributed by atoms with Gasteiger partial charge in [0.15, 0.2) is 0 Å². The summed E-state index contributed by atoms with van der Waals surface area (Å²) in [5.41, 5.74) is -0.235. The first-order valence-corrected chi connectivity index (χ1v) is 9.74. The zero-order chi connectivity index (χ0) is 20.8. The van der Waals surface area contributed by atoms with Gasteiger partial charge >= 0.3 is 6.18 Å². The van der Waals surface area contributed by atoms with Crippen molar-refractivity contribution in [2.45, 2.75) is 25.0 Å². The number of hydrogen-bond donors (Lipinski definition) is 2. The molecule has 1 N–H and O–H groups in total. The maximum atomic E-state index is 14.8. The normalized spacial score (nSPS) is 11.8. The molecule has 0 aliphatic carbocycles. The van der Waals surface area contributed by atoms with E-state index in [1.807, 2.05) is 13.8 Å². The third-order valence-electron chi connectivity index (χ3n) is 3.97. The Kier molecular flexibility index (Phi) is 5.71. The van der Waals surface area contributed by atoms with E-state index in [1.165, 1.54) is 18.3 Å². The average Bonchev–Trinajstić information content (AvgIpc) is 3.23.